The third-order valence-corrected chi connectivity index (χ3v) is 2.39. The van der Waals surface area contributed by atoms with Gasteiger partial charge in [-0.3, -0.25) is 4.98 Å². The Hall–Kier alpha value is -1.68. The van der Waals surface area contributed by atoms with Crippen LogP contribution in [0.25, 0.3) is 11.3 Å². The number of fused-ring (bicyclic) bond motifs is 1. The van der Waals surface area contributed by atoms with Crippen LogP contribution in [0.15, 0.2) is 29.0 Å². The Morgan fingerprint density at radius 3 is 3.21 bits per heavy atom. The van der Waals surface area contributed by atoms with Gasteiger partial charge in [0.1, 0.15) is 5.69 Å². The largest absolute Gasteiger partial charge is 0.356 e. The molecule has 0 bridgehead atoms. The molecule has 2 aromatic rings. The summed E-state index contributed by atoms with van der Waals surface area (Å²) in [6.07, 6.45) is 3.54. The minimum absolute atomic E-state index is 0.805. The second-order valence-corrected chi connectivity index (χ2v) is 3.28. The van der Waals surface area contributed by atoms with Gasteiger partial charge < -0.3 is 9.84 Å². The number of nitrogens with one attached hydrogen (secondary N) is 1. The van der Waals surface area contributed by atoms with E-state index in [1.165, 1.54) is 0 Å². The lowest BCUT2D eigenvalue weighted by Crippen LogP contribution is -2.01. The molecule has 14 heavy (non-hydrogen) atoms. The van der Waals surface area contributed by atoms with Crippen LogP contribution in [-0.2, 0) is 13.1 Å². The lowest BCUT2D eigenvalue weighted by Gasteiger charge is -1.96. The monoisotopic (exact) mass is 187 g/mol. The van der Waals surface area contributed by atoms with Gasteiger partial charge in [0.25, 0.3) is 0 Å². The van der Waals surface area contributed by atoms with E-state index in [1.54, 1.807) is 12.4 Å². The summed E-state index contributed by atoms with van der Waals surface area (Å²) in [5.41, 5.74) is 3.17. The predicted octanol–water partition coefficient (Wildman–Crippen LogP) is 1.34. The van der Waals surface area contributed by atoms with Crippen LogP contribution in [0.3, 0.4) is 0 Å². The Morgan fingerprint density at radius 2 is 2.36 bits per heavy atom. The van der Waals surface area contributed by atoms with E-state index in [1.807, 2.05) is 12.1 Å². The minimum Gasteiger partial charge on any atom is -0.356 e. The van der Waals surface area contributed by atoms with Gasteiger partial charge in [0.15, 0.2) is 5.76 Å². The molecule has 0 saturated heterocycles. The molecule has 3 heterocycles. The van der Waals surface area contributed by atoms with Gasteiger partial charge in [-0.05, 0) is 12.1 Å². The zero-order valence-electron chi connectivity index (χ0n) is 7.53. The van der Waals surface area contributed by atoms with Crippen molar-refractivity contribution in [2.45, 2.75) is 13.1 Å². The number of aromatic nitrogens is 2. The summed E-state index contributed by atoms with van der Waals surface area (Å²) < 4.78 is 5.29. The third kappa shape index (κ3) is 1.04. The van der Waals surface area contributed by atoms with Crippen LogP contribution in [0.4, 0.5) is 0 Å². The Labute approximate surface area is 80.9 Å². The topological polar surface area (TPSA) is 51.0 Å². The van der Waals surface area contributed by atoms with Crippen LogP contribution in [-0.4, -0.2) is 10.1 Å². The Balaban J connectivity index is 2.13. The van der Waals surface area contributed by atoms with Crippen molar-refractivity contribution >= 4 is 0 Å². The second kappa shape index (κ2) is 2.92. The highest BCUT2D eigenvalue weighted by atomic mass is 16.5. The van der Waals surface area contributed by atoms with Crippen LogP contribution in [0.1, 0.15) is 11.3 Å². The molecule has 2 aromatic heterocycles. The van der Waals surface area contributed by atoms with Gasteiger partial charge in [0.2, 0.25) is 0 Å². The molecule has 3 rings (SSSR count). The zero-order valence-corrected chi connectivity index (χ0v) is 7.53. The molecule has 4 nitrogen and oxygen atoms in total. The quantitative estimate of drug-likeness (QED) is 0.732. The van der Waals surface area contributed by atoms with Crippen molar-refractivity contribution < 1.29 is 4.52 Å². The highest BCUT2D eigenvalue weighted by Crippen LogP contribution is 2.27. The standard InChI is InChI=1S/C10H9N3O/c1-2-7(4-11-3-1)10-8-5-12-6-9(8)13-14-10/h1-4,12H,5-6H2. The summed E-state index contributed by atoms with van der Waals surface area (Å²) in [7, 11) is 0. The molecule has 0 unspecified atom stereocenters. The number of rotatable bonds is 1. The number of hydrogen-bond donors (Lipinski definition) is 1. The summed E-state index contributed by atoms with van der Waals surface area (Å²) in [6, 6.07) is 3.87. The molecule has 70 valence electrons. The van der Waals surface area contributed by atoms with Crippen LogP contribution < -0.4 is 5.32 Å². The average Bonchev–Trinajstić information content (AvgIpc) is 2.79. The molecule has 0 fully saturated rings. The normalized spacial score (nSPS) is 14.3. The van der Waals surface area contributed by atoms with Gasteiger partial charge in [-0.2, -0.15) is 0 Å². The summed E-state index contributed by atoms with van der Waals surface area (Å²) in [6.45, 7) is 1.64. The van der Waals surface area contributed by atoms with Crippen LogP contribution in [0.5, 0.6) is 0 Å². The molecule has 4 heteroatoms. The van der Waals surface area contributed by atoms with Crippen molar-refractivity contribution in [1.29, 1.82) is 0 Å². The first-order valence-corrected chi connectivity index (χ1v) is 4.53. The van der Waals surface area contributed by atoms with E-state index < -0.39 is 0 Å². The molecule has 0 aromatic carbocycles. The SMILES string of the molecule is c1cncc(-c2onc3c2CNC3)c1. The number of pyridine rings is 1. The highest BCUT2D eigenvalue weighted by molar-refractivity contribution is 5.61. The van der Waals surface area contributed by atoms with Crippen LogP contribution >= 0.6 is 0 Å². The second-order valence-electron chi connectivity index (χ2n) is 3.28. The summed E-state index contributed by atoms with van der Waals surface area (Å²) in [5, 5.41) is 7.24. The van der Waals surface area contributed by atoms with Crippen LogP contribution in [0, 0.1) is 0 Å². The van der Waals surface area contributed by atoms with Crippen molar-refractivity contribution in [2.24, 2.45) is 0 Å². The van der Waals surface area contributed by atoms with Crippen molar-refractivity contribution in [3.05, 3.63) is 35.8 Å². The summed E-state index contributed by atoms with van der Waals surface area (Å²) >= 11 is 0. The van der Waals surface area contributed by atoms with Gasteiger partial charge in [-0.25, -0.2) is 0 Å². The van der Waals surface area contributed by atoms with E-state index in [-0.39, 0.29) is 0 Å². The van der Waals surface area contributed by atoms with Crippen molar-refractivity contribution in [3.63, 3.8) is 0 Å². The average molecular weight is 187 g/mol. The maximum atomic E-state index is 5.29. The van der Waals surface area contributed by atoms with Crippen molar-refractivity contribution in [3.8, 4) is 11.3 Å². The van der Waals surface area contributed by atoms with E-state index in [2.05, 4.69) is 15.5 Å². The van der Waals surface area contributed by atoms with Gasteiger partial charge >= 0.3 is 0 Å². The first-order valence-electron chi connectivity index (χ1n) is 4.53. The van der Waals surface area contributed by atoms with E-state index in [4.69, 9.17) is 4.52 Å². The lowest BCUT2D eigenvalue weighted by molar-refractivity contribution is 0.417. The van der Waals surface area contributed by atoms with E-state index in [0.29, 0.717) is 0 Å². The molecule has 1 N–H and O–H groups in total. The fraction of sp³-hybridized carbons (Fsp3) is 0.200. The van der Waals surface area contributed by atoms with Crippen LogP contribution in [0.2, 0.25) is 0 Å². The maximum absolute atomic E-state index is 5.29. The summed E-state index contributed by atoms with van der Waals surface area (Å²) in [5.74, 6) is 0.845. The van der Waals surface area contributed by atoms with Crippen molar-refractivity contribution in [1.82, 2.24) is 15.5 Å². The minimum atomic E-state index is 0.805. The van der Waals surface area contributed by atoms with Gasteiger partial charge in [0.05, 0.1) is 0 Å². The van der Waals surface area contributed by atoms with E-state index >= 15 is 0 Å². The fourth-order valence-electron chi connectivity index (χ4n) is 1.69. The fourth-order valence-corrected chi connectivity index (χ4v) is 1.69. The van der Waals surface area contributed by atoms with Gasteiger partial charge in [-0.15, -0.1) is 0 Å². The molecule has 0 amide bonds. The molecular weight excluding hydrogens is 178 g/mol. The molecule has 0 spiro atoms. The zero-order chi connectivity index (χ0) is 9.38. The molecule has 0 radical (unpaired) electrons. The number of hydrogen-bond acceptors (Lipinski definition) is 4. The first-order chi connectivity index (χ1) is 6.95. The van der Waals surface area contributed by atoms with E-state index in [9.17, 15) is 0 Å². The van der Waals surface area contributed by atoms with E-state index in [0.717, 1.165) is 35.7 Å². The molecular formula is C10H9N3O. The first kappa shape index (κ1) is 7.70. The number of nitrogens with zero attached hydrogens (tertiary/aromatic N) is 2. The molecule has 1 aliphatic rings. The molecule has 0 aliphatic carbocycles. The van der Waals surface area contributed by atoms with Crippen molar-refractivity contribution in [2.75, 3.05) is 0 Å². The summed E-state index contributed by atoms with van der Waals surface area (Å²) in [4.78, 5) is 4.06. The third-order valence-electron chi connectivity index (χ3n) is 2.39. The van der Waals surface area contributed by atoms with Gasteiger partial charge in [0, 0.05) is 36.6 Å². The molecule has 0 atom stereocenters. The highest BCUT2D eigenvalue weighted by Gasteiger charge is 2.21. The van der Waals surface area contributed by atoms with Gasteiger partial charge in [-0.1, -0.05) is 5.16 Å². The smallest absolute Gasteiger partial charge is 0.173 e. The Bertz CT molecular complexity index is 450. The Kier molecular flexibility index (Phi) is 1.61. The molecule has 1 aliphatic heterocycles. The lowest BCUT2D eigenvalue weighted by atomic mass is 10.1. The predicted molar refractivity (Wildman–Crippen MR) is 50.3 cm³/mol. The molecule has 0 saturated carbocycles. The Morgan fingerprint density at radius 1 is 1.36 bits per heavy atom. The maximum Gasteiger partial charge on any atom is 0.173 e.